The van der Waals surface area contributed by atoms with Gasteiger partial charge in [-0.3, -0.25) is 0 Å². The van der Waals surface area contributed by atoms with Crippen molar-refractivity contribution in [3.63, 3.8) is 0 Å². The van der Waals surface area contributed by atoms with Gasteiger partial charge in [0.2, 0.25) is 0 Å². The van der Waals surface area contributed by atoms with Crippen LogP contribution in [0, 0.1) is 5.92 Å². The number of rotatable bonds is 6. The second-order valence-corrected chi connectivity index (χ2v) is 9.12. The van der Waals surface area contributed by atoms with E-state index in [9.17, 15) is 23.4 Å². The molecule has 0 radical (unpaired) electrons. The van der Waals surface area contributed by atoms with Gasteiger partial charge in [0, 0.05) is 17.9 Å². The monoisotopic (exact) mass is 420 g/mol. The van der Waals surface area contributed by atoms with E-state index in [1.807, 2.05) is 6.07 Å². The van der Waals surface area contributed by atoms with Gasteiger partial charge >= 0.3 is 6.03 Å². The second kappa shape index (κ2) is 8.81. The summed E-state index contributed by atoms with van der Waals surface area (Å²) in [7, 11) is -3.28. The Morgan fingerprint density at radius 3 is 2.34 bits per heavy atom. The van der Waals surface area contributed by atoms with Crippen LogP contribution in [0.5, 0.6) is 5.75 Å². The normalized spacial score (nSPS) is 24.1. The number of sulfone groups is 1. The van der Waals surface area contributed by atoms with E-state index in [2.05, 4.69) is 10.6 Å². The lowest BCUT2D eigenvalue weighted by molar-refractivity contribution is 0.00344. The van der Waals surface area contributed by atoms with Crippen molar-refractivity contribution >= 4 is 21.6 Å². The van der Waals surface area contributed by atoms with Crippen molar-refractivity contribution in [1.29, 1.82) is 0 Å². The van der Waals surface area contributed by atoms with Crippen molar-refractivity contribution in [2.24, 2.45) is 5.92 Å². The number of anilines is 1. The molecule has 0 unspecified atom stereocenters. The van der Waals surface area contributed by atoms with E-state index in [4.69, 9.17) is 4.74 Å². The highest BCUT2D eigenvalue weighted by Crippen LogP contribution is 2.28. The molecule has 2 aromatic carbocycles. The number of benzene rings is 2. The van der Waals surface area contributed by atoms with Crippen LogP contribution in [0.15, 0.2) is 59.5 Å². The molecule has 2 amide bonds. The van der Waals surface area contributed by atoms with Crippen LogP contribution in [0.3, 0.4) is 0 Å². The Bertz CT molecular complexity index is 933. The number of ether oxygens (including phenoxy) is 1. The zero-order valence-electron chi connectivity index (χ0n) is 15.9. The quantitative estimate of drug-likeness (QED) is 0.560. The summed E-state index contributed by atoms with van der Waals surface area (Å²) in [6, 6.07) is 13.8. The Hall–Kier alpha value is -2.62. The van der Waals surface area contributed by atoms with Gasteiger partial charge in [-0.2, -0.15) is 0 Å². The number of aliphatic hydroxyl groups is 2. The van der Waals surface area contributed by atoms with E-state index >= 15 is 0 Å². The molecule has 1 saturated carbocycles. The second-order valence-electron chi connectivity index (χ2n) is 7.10. The Kier molecular flexibility index (Phi) is 6.41. The van der Waals surface area contributed by atoms with Gasteiger partial charge in [0.15, 0.2) is 9.84 Å². The molecule has 29 heavy (non-hydrogen) atoms. The number of carbonyl (C=O) groups excluding carboxylic acids is 1. The highest BCUT2D eigenvalue weighted by Gasteiger charge is 2.42. The fraction of sp³-hybridized carbons (Fsp3) is 0.350. The topological polar surface area (TPSA) is 125 Å². The number of carbonyl (C=O) groups is 1. The van der Waals surface area contributed by atoms with Crippen molar-refractivity contribution in [2.75, 3.05) is 18.2 Å². The first-order valence-electron chi connectivity index (χ1n) is 9.15. The molecule has 3 rings (SSSR count). The number of nitrogens with one attached hydrogen (secondary N) is 2. The minimum Gasteiger partial charge on any atom is -0.493 e. The van der Waals surface area contributed by atoms with Crippen LogP contribution in [-0.4, -0.2) is 55.8 Å². The van der Waals surface area contributed by atoms with Crippen molar-refractivity contribution in [2.45, 2.75) is 29.6 Å². The lowest BCUT2D eigenvalue weighted by Crippen LogP contribution is -2.44. The molecule has 1 fully saturated rings. The zero-order chi connectivity index (χ0) is 21.0. The summed E-state index contributed by atoms with van der Waals surface area (Å²) in [6.45, 7) is 0.120. The van der Waals surface area contributed by atoms with E-state index in [1.165, 1.54) is 24.3 Å². The number of hydrogen-bond acceptors (Lipinski definition) is 6. The van der Waals surface area contributed by atoms with Gasteiger partial charge in [-0.1, -0.05) is 18.2 Å². The molecule has 8 nitrogen and oxygen atoms in total. The third-order valence-corrected chi connectivity index (χ3v) is 5.99. The highest BCUT2D eigenvalue weighted by molar-refractivity contribution is 7.90. The fourth-order valence-corrected chi connectivity index (χ4v) is 3.91. The lowest BCUT2D eigenvalue weighted by Gasteiger charge is -2.18. The van der Waals surface area contributed by atoms with Crippen molar-refractivity contribution < 1.29 is 28.2 Å². The fourth-order valence-electron chi connectivity index (χ4n) is 3.28. The number of aliphatic hydroxyl groups excluding tert-OH is 2. The summed E-state index contributed by atoms with van der Waals surface area (Å²) >= 11 is 0. The predicted molar refractivity (Wildman–Crippen MR) is 108 cm³/mol. The SMILES string of the molecule is CS(=O)(=O)c1ccc(OC[C@H]2C[C@@H](NC(=O)Nc3ccccc3)[C@H](O)[C@@H]2O)cc1. The molecule has 0 aliphatic heterocycles. The van der Waals surface area contributed by atoms with Gasteiger partial charge in [0.1, 0.15) is 11.9 Å². The summed E-state index contributed by atoms with van der Waals surface area (Å²) in [5, 5.41) is 25.9. The number of urea groups is 1. The summed E-state index contributed by atoms with van der Waals surface area (Å²) in [5.74, 6) is 0.0685. The van der Waals surface area contributed by atoms with E-state index < -0.39 is 34.1 Å². The van der Waals surface area contributed by atoms with E-state index in [0.29, 0.717) is 17.9 Å². The molecule has 0 heterocycles. The summed E-state index contributed by atoms with van der Waals surface area (Å²) in [4.78, 5) is 12.3. The third-order valence-electron chi connectivity index (χ3n) is 4.87. The molecule has 1 aliphatic rings. The minimum absolute atomic E-state index is 0.120. The van der Waals surface area contributed by atoms with Gasteiger partial charge in [-0.25, -0.2) is 13.2 Å². The molecule has 2 aromatic rings. The number of hydrogen-bond donors (Lipinski definition) is 4. The first-order chi connectivity index (χ1) is 13.7. The van der Waals surface area contributed by atoms with Crippen molar-refractivity contribution in [1.82, 2.24) is 5.32 Å². The van der Waals surface area contributed by atoms with Gasteiger partial charge in [-0.05, 0) is 42.8 Å². The zero-order valence-corrected chi connectivity index (χ0v) is 16.7. The van der Waals surface area contributed by atoms with E-state index in [1.54, 1.807) is 24.3 Å². The molecule has 0 spiro atoms. The molecule has 1 aliphatic carbocycles. The van der Waals surface area contributed by atoms with Crippen molar-refractivity contribution in [3.8, 4) is 5.75 Å². The molecular weight excluding hydrogens is 396 g/mol. The molecule has 156 valence electrons. The maximum atomic E-state index is 12.1. The smallest absolute Gasteiger partial charge is 0.319 e. The van der Waals surface area contributed by atoms with Crippen LogP contribution in [0.2, 0.25) is 0 Å². The van der Waals surface area contributed by atoms with E-state index in [0.717, 1.165) is 6.26 Å². The Morgan fingerprint density at radius 1 is 1.07 bits per heavy atom. The summed E-state index contributed by atoms with van der Waals surface area (Å²) < 4.78 is 28.6. The van der Waals surface area contributed by atoms with Crippen LogP contribution in [-0.2, 0) is 9.84 Å². The van der Waals surface area contributed by atoms with Crippen LogP contribution >= 0.6 is 0 Å². The first-order valence-corrected chi connectivity index (χ1v) is 11.0. The molecule has 4 atom stereocenters. The third kappa shape index (κ3) is 5.47. The minimum atomic E-state index is -3.28. The van der Waals surface area contributed by atoms with Crippen LogP contribution in [0.25, 0.3) is 0 Å². The molecule has 0 saturated heterocycles. The Labute approximate surface area is 169 Å². The molecule has 4 N–H and O–H groups in total. The highest BCUT2D eigenvalue weighted by atomic mass is 32.2. The standard InChI is InChI=1S/C20H24N2O6S/c1-29(26,27)16-9-7-15(8-10-16)28-12-13-11-17(19(24)18(13)23)22-20(25)21-14-5-3-2-4-6-14/h2-10,13,17-19,23-24H,11-12H2,1H3,(H2,21,22,25)/t13-,17-,18-,19+/m1/s1. The van der Waals surface area contributed by atoms with Gasteiger partial charge < -0.3 is 25.6 Å². The average Bonchev–Trinajstić information content (AvgIpc) is 2.94. The summed E-state index contributed by atoms with van der Waals surface area (Å²) in [5.41, 5.74) is 0.621. The Morgan fingerprint density at radius 2 is 1.72 bits per heavy atom. The van der Waals surface area contributed by atoms with Gasteiger partial charge in [0.25, 0.3) is 0 Å². The molecule has 0 bridgehead atoms. The number of amides is 2. The van der Waals surface area contributed by atoms with Crippen LogP contribution in [0.4, 0.5) is 10.5 Å². The maximum Gasteiger partial charge on any atom is 0.319 e. The van der Waals surface area contributed by atoms with Gasteiger partial charge in [-0.15, -0.1) is 0 Å². The van der Waals surface area contributed by atoms with Gasteiger partial charge in [0.05, 0.1) is 23.6 Å². The predicted octanol–water partition coefficient (Wildman–Crippen LogP) is 1.40. The Balaban J connectivity index is 1.53. The maximum absolute atomic E-state index is 12.1. The first kappa shape index (κ1) is 21.1. The average molecular weight is 420 g/mol. The number of para-hydroxylation sites is 1. The van der Waals surface area contributed by atoms with E-state index in [-0.39, 0.29) is 17.4 Å². The van der Waals surface area contributed by atoms with Crippen LogP contribution < -0.4 is 15.4 Å². The summed E-state index contributed by atoms with van der Waals surface area (Å²) in [6.07, 6.45) is -0.698. The van der Waals surface area contributed by atoms with Crippen molar-refractivity contribution in [3.05, 3.63) is 54.6 Å². The lowest BCUT2D eigenvalue weighted by atomic mass is 10.1. The largest absolute Gasteiger partial charge is 0.493 e. The molecule has 9 heteroatoms. The molecule has 0 aromatic heterocycles. The molecular formula is C20H24N2O6S. The van der Waals surface area contributed by atoms with Crippen LogP contribution in [0.1, 0.15) is 6.42 Å².